The molecule has 4 nitrogen and oxygen atoms in total. The average Bonchev–Trinajstić information content (AvgIpc) is 3.14. The quantitative estimate of drug-likeness (QED) is 0.627. The van der Waals surface area contributed by atoms with Gasteiger partial charge in [0.15, 0.2) is 0 Å². The van der Waals surface area contributed by atoms with Gasteiger partial charge in [0.05, 0.1) is 0 Å². The van der Waals surface area contributed by atoms with Crippen molar-refractivity contribution >= 4 is 16.9 Å². The summed E-state index contributed by atoms with van der Waals surface area (Å²) in [7, 11) is 0. The molecule has 0 amide bonds. The number of ether oxygens (including phenoxy) is 1. The zero-order valence-corrected chi connectivity index (χ0v) is 11.4. The van der Waals surface area contributed by atoms with Gasteiger partial charge in [0, 0.05) is 29.6 Å². The largest absolute Gasteiger partial charge is 0.508 e. The minimum absolute atomic E-state index is 0.0589. The molecule has 0 bridgehead atoms. The molecule has 1 aromatic carbocycles. The van der Waals surface area contributed by atoms with E-state index >= 15 is 0 Å². The lowest BCUT2D eigenvalue weighted by Gasteiger charge is -2.03. The smallest absolute Gasteiger partial charge is 0.306 e. The number of unbranched alkanes of at least 4 members (excludes halogenated alkanes) is 1. The van der Waals surface area contributed by atoms with Crippen LogP contribution in [0, 0.1) is 0 Å². The molecule has 4 heteroatoms. The maximum atomic E-state index is 11.4. The Labute approximate surface area is 117 Å². The summed E-state index contributed by atoms with van der Waals surface area (Å²) >= 11 is 0. The Balaban J connectivity index is 1.48. The highest BCUT2D eigenvalue weighted by Crippen LogP contribution is 2.25. The van der Waals surface area contributed by atoms with Gasteiger partial charge in [0.25, 0.3) is 0 Å². The van der Waals surface area contributed by atoms with Gasteiger partial charge in [-0.2, -0.15) is 0 Å². The average molecular weight is 273 g/mol. The Hall–Kier alpha value is -1.97. The Morgan fingerprint density at radius 1 is 1.35 bits per heavy atom. The number of rotatable bonds is 6. The van der Waals surface area contributed by atoms with E-state index in [0.29, 0.717) is 6.42 Å². The molecule has 0 aliphatic heterocycles. The van der Waals surface area contributed by atoms with E-state index in [2.05, 4.69) is 4.98 Å². The van der Waals surface area contributed by atoms with Gasteiger partial charge in [-0.1, -0.05) is 0 Å². The van der Waals surface area contributed by atoms with E-state index in [1.165, 1.54) is 5.56 Å². The lowest BCUT2D eigenvalue weighted by molar-refractivity contribution is -0.145. The van der Waals surface area contributed by atoms with Gasteiger partial charge in [-0.3, -0.25) is 4.79 Å². The van der Waals surface area contributed by atoms with Gasteiger partial charge in [0.2, 0.25) is 0 Å². The fourth-order valence-corrected chi connectivity index (χ4v) is 2.40. The van der Waals surface area contributed by atoms with Crippen LogP contribution in [0.15, 0.2) is 24.4 Å². The van der Waals surface area contributed by atoms with Crippen LogP contribution in [0.1, 0.15) is 37.7 Å². The molecule has 0 unspecified atom stereocenters. The second kappa shape index (κ2) is 5.57. The number of hydrogen-bond donors (Lipinski definition) is 2. The van der Waals surface area contributed by atoms with Crippen molar-refractivity contribution in [2.75, 3.05) is 0 Å². The van der Waals surface area contributed by atoms with E-state index in [9.17, 15) is 9.90 Å². The molecule has 3 rings (SSSR count). The molecular weight excluding hydrogens is 254 g/mol. The number of aromatic hydroxyl groups is 1. The molecule has 2 aromatic rings. The number of benzene rings is 1. The molecule has 1 aliphatic rings. The maximum absolute atomic E-state index is 11.4. The Kier molecular flexibility index (Phi) is 3.63. The third-order valence-electron chi connectivity index (χ3n) is 3.65. The summed E-state index contributed by atoms with van der Waals surface area (Å²) in [5, 5.41) is 10.6. The summed E-state index contributed by atoms with van der Waals surface area (Å²) in [5.41, 5.74) is 2.18. The number of aromatic amines is 1. The minimum atomic E-state index is -0.0589. The lowest BCUT2D eigenvalue weighted by Crippen LogP contribution is -2.05. The van der Waals surface area contributed by atoms with Crippen LogP contribution in [-0.4, -0.2) is 22.2 Å². The normalized spacial score (nSPS) is 14.6. The third-order valence-corrected chi connectivity index (χ3v) is 3.65. The topological polar surface area (TPSA) is 62.3 Å². The second-order valence-corrected chi connectivity index (χ2v) is 5.44. The van der Waals surface area contributed by atoms with Crippen LogP contribution in [0.4, 0.5) is 0 Å². The molecule has 1 heterocycles. The van der Waals surface area contributed by atoms with Crippen LogP contribution in [0.5, 0.6) is 5.75 Å². The molecule has 1 aliphatic carbocycles. The van der Waals surface area contributed by atoms with Crippen LogP contribution in [-0.2, 0) is 16.0 Å². The van der Waals surface area contributed by atoms with Crippen molar-refractivity contribution in [3.05, 3.63) is 30.0 Å². The van der Waals surface area contributed by atoms with Crippen LogP contribution in [0.3, 0.4) is 0 Å². The number of phenols is 1. The summed E-state index contributed by atoms with van der Waals surface area (Å²) in [4.78, 5) is 14.6. The molecule has 106 valence electrons. The van der Waals surface area contributed by atoms with Crippen molar-refractivity contribution in [1.82, 2.24) is 4.98 Å². The summed E-state index contributed by atoms with van der Waals surface area (Å²) in [6.45, 7) is 0. The number of carbonyl (C=O) groups is 1. The molecule has 1 saturated carbocycles. The number of carbonyl (C=O) groups excluding carboxylic acids is 1. The molecular formula is C16H19NO3. The van der Waals surface area contributed by atoms with Crippen molar-refractivity contribution in [2.45, 2.75) is 44.6 Å². The van der Waals surface area contributed by atoms with Crippen LogP contribution in [0.25, 0.3) is 10.9 Å². The van der Waals surface area contributed by atoms with Gasteiger partial charge < -0.3 is 14.8 Å². The van der Waals surface area contributed by atoms with Crippen LogP contribution < -0.4 is 0 Å². The number of H-pyrrole nitrogens is 1. The van der Waals surface area contributed by atoms with Crippen LogP contribution in [0.2, 0.25) is 0 Å². The van der Waals surface area contributed by atoms with E-state index in [-0.39, 0.29) is 17.8 Å². The van der Waals surface area contributed by atoms with E-state index < -0.39 is 0 Å². The minimum Gasteiger partial charge on any atom is -0.508 e. The fourth-order valence-electron chi connectivity index (χ4n) is 2.40. The number of phenolic OH excluding ortho intramolecular Hbond substituents is 1. The fraction of sp³-hybridized carbons (Fsp3) is 0.438. The van der Waals surface area contributed by atoms with Crippen molar-refractivity contribution < 1.29 is 14.6 Å². The van der Waals surface area contributed by atoms with Crippen molar-refractivity contribution in [3.8, 4) is 5.75 Å². The molecule has 2 N–H and O–H groups in total. The Bertz CT molecular complexity index is 613. The highest BCUT2D eigenvalue weighted by molar-refractivity contribution is 5.84. The van der Waals surface area contributed by atoms with Gasteiger partial charge in [-0.15, -0.1) is 0 Å². The number of nitrogens with one attached hydrogen (secondary N) is 1. The van der Waals surface area contributed by atoms with Gasteiger partial charge in [0.1, 0.15) is 11.9 Å². The zero-order chi connectivity index (χ0) is 13.9. The summed E-state index contributed by atoms with van der Waals surface area (Å²) in [6.07, 6.45) is 7.53. The first-order chi connectivity index (χ1) is 9.72. The van der Waals surface area contributed by atoms with E-state index in [1.54, 1.807) is 12.1 Å². The predicted molar refractivity (Wildman–Crippen MR) is 76.6 cm³/mol. The molecule has 1 fully saturated rings. The third kappa shape index (κ3) is 3.13. The molecule has 0 spiro atoms. The number of fused-ring (bicyclic) bond motifs is 1. The van der Waals surface area contributed by atoms with Crippen LogP contribution >= 0.6 is 0 Å². The molecule has 0 atom stereocenters. The predicted octanol–water partition coefficient (Wildman–Crippen LogP) is 3.29. The highest BCUT2D eigenvalue weighted by atomic mass is 16.5. The monoisotopic (exact) mass is 273 g/mol. The van der Waals surface area contributed by atoms with E-state index in [1.807, 2.05) is 12.3 Å². The first-order valence-electron chi connectivity index (χ1n) is 7.21. The highest BCUT2D eigenvalue weighted by Gasteiger charge is 2.25. The molecule has 20 heavy (non-hydrogen) atoms. The lowest BCUT2D eigenvalue weighted by atomic mass is 10.1. The Morgan fingerprint density at radius 2 is 2.20 bits per heavy atom. The molecule has 0 saturated heterocycles. The SMILES string of the molecule is O=C(CCCCc1c[nH]c2cc(O)ccc12)OC1CC1. The maximum Gasteiger partial charge on any atom is 0.306 e. The number of aryl methyl sites for hydroxylation is 1. The van der Waals surface area contributed by atoms with E-state index in [4.69, 9.17) is 4.74 Å². The van der Waals surface area contributed by atoms with E-state index in [0.717, 1.165) is 43.0 Å². The van der Waals surface area contributed by atoms with Gasteiger partial charge in [-0.25, -0.2) is 0 Å². The van der Waals surface area contributed by atoms with Gasteiger partial charge >= 0.3 is 5.97 Å². The second-order valence-electron chi connectivity index (χ2n) is 5.44. The first-order valence-corrected chi connectivity index (χ1v) is 7.21. The first kappa shape index (κ1) is 13.0. The van der Waals surface area contributed by atoms with Crippen molar-refractivity contribution in [2.24, 2.45) is 0 Å². The Morgan fingerprint density at radius 3 is 3.00 bits per heavy atom. The molecule has 1 aromatic heterocycles. The van der Waals surface area contributed by atoms with Gasteiger partial charge in [-0.05, 0) is 49.8 Å². The zero-order valence-electron chi connectivity index (χ0n) is 11.4. The van der Waals surface area contributed by atoms with Crippen molar-refractivity contribution in [1.29, 1.82) is 0 Å². The number of hydrogen-bond acceptors (Lipinski definition) is 3. The standard InChI is InChI=1S/C16H19NO3/c18-12-5-8-14-11(10-17-15(14)9-12)3-1-2-4-16(19)20-13-6-7-13/h5,8-10,13,17-18H,1-4,6-7H2. The number of aromatic nitrogens is 1. The summed E-state index contributed by atoms with van der Waals surface area (Å²) in [6, 6.07) is 5.36. The molecule has 0 radical (unpaired) electrons. The number of esters is 1. The van der Waals surface area contributed by atoms with Crippen molar-refractivity contribution in [3.63, 3.8) is 0 Å². The summed E-state index contributed by atoms with van der Waals surface area (Å²) in [5.74, 6) is 0.213. The summed E-state index contributed by atoms with van der Waals surface area (Å²) < 4.78 is 5.21.